The fourth-order valence-corrected chi connectivity index (χ4v) is 2.87. The number of hydrogen-bond acceptors (Lipinski definition) is 3. The molecule has 0 amide bonds. The lowest BCUT2D eigenvalue weighted by molar-refractivity contribution is 0.482. The summed E-state index contributed by atoms with van der Waals surface area (Å²) in [6, 6.07) is 8.65. The second kappa shape index (κ2) is 5.39. The zero-order valence-corrected chi connectivity index (χ0v) is 11.5. The van der Waals surface area contributed by atoms with E-state index in [-0.39, 0.29) is 0 Å². The number of nitrogens with zero attached hydrogens (tertiary/aromatic N) is 1. The third-order valence-electron chi connectivity index (χ3n) is 3.30. The first-order valence-electron chi connectivity index (χ1n) is 6.19. The molecule has 1 aromatic heterocycles. The van der Waals surface area contributed by atoms with E-state index in [0.29, 0.717) is 6.04 Å². The minimum atomic E-state index is 0.448. The molecule has 0 bridgehead atoms. The van der Waals surface area contributed by atoms with E-state index in [0.717, 1.165) is 17.5 Å². The van der Waals surface area contributed by atoms with Gasteiger partial charge in [0.2, 0.25) is 0 Å². The van der Waals surface area contributed by atoms with Crippen LogP contribution in [0, 0.1) is 5.92 Å². The van der Waals surface area contributed by atoms with Gasteiger partial charge >= 0.3 is 0 Å². The van der Waals surface area contributed by atoms with Crippen LogP contribution in [0.3, 0.4) is 0 Å². The molecular weight excluding hydrogens is 264 g/mol. The van der Waals surface area contributed by atoms with E-state index in [4.69, 9.17) is 11.6 Å². The number of benzene rings is 1. The largest absolute Gasteiger partial charge is 0.305 e. The maximum absolute atomic E-state index is 5.94. The Bertz CT molecular complexity index is 491. The number of nitrogens with one attached hydrogen (secondary N) is 1. The molecule has 0 radical (unpaired) electrons. The average molecular weight is 279 g/mol. The summed E-state index contributed by atoms with van der Waals surface area (Å²) in [7, 11) is 0. The topological polar surface area (TPSA) is 24.9 Å². The van der Waals surface area contributed by atoms with E-state index in [1.807, 2.05) is 23.8 Å². The highest BCUT2D eigenvalue weighted by Crippen LogP contribution is 2.41. The van der Waals surface area contributed by atoms with Crippen LogP contribution in [0.25, 0.3) is 0 Å². The van der Waals surface area contributed by atoms with Crippen LogP contribution in [0.1, 0.15) is 29.3 Å². The van der Waals surface area contributed by atoms with Crippen LogP contribution in [0.15, 0.2) is 36.0 Å². The van der Waals surface area contributed by atoms with Crippen molar-refractivity contribution in [2.24, 2.45) is 5.92 Å². The van der Waals surface area contributed by atoms with Crippen LogP contribution in [0.4, 0.5) is 0 Å². The summed E-state index contributed by atoms with van der Waals surface area (Å²) in [5.41, 5.74) is 3.22. The Balaban J connectivity index is 1.70. The Morgan fingerprint density at radius 1 is 1.33 bits per heavy atom. The predicted molar refractivity (Wildman–Crippen MR) is 75.9 cm³/mol. The molecule has 0 spiro atoms. The summed E-state index contributed by atoms with van der Waals surface area (Å²) in [6.45, 7) is 0.897. The van der Waals surface area contributed by atoms with Gasteiger partial charge in [-0.1, -0.05) is 23.7 Å². The molecule has 0 aliphatic heterocycles. The number of halogens is 1. The van der Waals surface area contributed by atoms with Crippen LogP contribution in [0.2, 0.25) is 5.02 Å². The molecule has 1 aromatic carbocycles. The van der Waals surface area contributed by atoms with Crippen LogP contribution >= 0.6 is 22.9 Å². The zero-order valence-electron chi connectivity index (χ0n) is 9.97. The van der Waals surface area contributed by atoms with Crippen molar-refractivity contribution in [3.05, 3.63) is 51.4 Å². The molecule has 1 unspecified atom stereocenters. The maximum atomic E-state index is 5.94. The van der Waals surface area contributed by atoms with Crippen molar-refractivity contribution < 1.29 is 0 Å². The number of thiazole rings is 1. The van der Waals surface area contributed by atoms with E-state index >= 15 is 0 Å². The van der Waals surface area contributed by atoms with Crippen molar-refractivity contribution in [3.63, 3.8) is 0 Å². The molecular formula is C14H15ClN2S. The van der Waals surface area contributed by atoms with Crippen molar-refractivity contribution in [2.45, 2.75) is 25.4 Å². The molecule has 1 aliphatic rings. The van der Waals surface area contributed by atoms with Gasteiger partial charge in [-0.25, -0.2) is 0 Å². The van der Waals surface area contributed by atoms with Gasteiger partial charge in [0.15, 0.2) is 0 Å². The fraction of sp³-hybridized carbons (Fsp3) is 0.357. The van der Waals surface area contributed by atoms with E-state index in [2.05, 4.69) is 22.4 Å². The number of aromatic nitrogens is 1. The molecule has 1 N–H and O–H groups in total. The van der Waals surface area contributed by atoms with Gasteiger partial charge in [0.1, 0.15) is 0 Å². The van der Waals surface area contributed by atoms with Crippen molar-refractivity contribution in [1.29, 1.82) is 0 Å². The van der Waals surface area contributed by atoms with Crippen molar-refractivity contribution in [1.82, 2.24) is 10.3 Å². The zero-order chi connectivity index (χ0) is 12.4. The molecule has 0 saturated heterocycles. The Kier molecular flexibility index (Phi) is 3.64. The standard InChI is InChI=1S/C14H15ClN2S/c15-12-5-3-11(4-6-12)14(10-1-2-10)17-8-13-7-16-9-18-13/h3-7,9-10,14,17H,1-2,8H2. The van der Waals surface area contributed by atoms with Crippen molar-refractivity contribution >= 4 is 22.9 Å². The van der Waals surface area contributed by atoms with Crippen LogP contribution in [-0.4, -0.2) is 4.98 Å². The minimum Gasteiger partial charge on any atom is -0.305 e. The first-order valence-corrected chi connectivity index (χ1v) is 7.45. The number of hydrogen-bond donors (Lipinski definition) is 1. The van der Waals surface area contributed by atoms with Gasteiger partial charge in [0.25, 0.3) is 0 Å². The average Bonchev–Trinajstić information content (AvgIpc) is 3.08. The lowest BCUT2D eigenvalue weighted by atomic mass is 10.0. The van der Waals surface area contributed by atoms with E-state index in [9.17, 15) is 0 Å². The van der Waals surface area contributed by atoms with Gasteiger partial charge in [0.05, 0.1) is 5.51 Å². The van der Waals surface area contributed by atoms with E-state index < -0.39 is 0 Å². The first-order chi connectivity index (χ1) is 8.83. The molecule has 3 rings (SSSR count). The molecule has 4 heteroatoms. The highest BCUT2D eigenvalue weighted by atomic mass is 35.5. The molecule has 94 valence electrons. The first kappa shape index (κ1) is 12.2. The Morgan fingerprint density at radius 2 is 2.11 bits per heavy atom. The Labute approximate surface area is 116 Å². The lowest BCUT2D eigenvalue weighted by Crippen LogP contribution is -2.22. The van der Waals surface area contributed by atoms with E-state index in [1.165, 1.54) is 23.3 Å². The van der Waals surface area contributed by atoms with Crippen LogP contribution in [-0.2, 0) is 6.54 Å². The monoisotopic (exact) mass is 278 g/mol. The fourth-order valence-electron chi connectivity index (χ4n) is 2.20. The smallest absolute Gasteiger partial charge is 0.0794 e. The van der Waals surface area contributed by atoms with Gasteiger partial charge in [-0.05, 0) is 36.5 Å². The Morgan fingerprint density at radius 3 is 2.72 bits per heavy atom. The van der Waals surface area contributed by atoms with E-state index in [1.54, 1.807) is 11.3 Å². The molecule has 1 heterocycles. The molecule has 2 aromatic rings. The van der Waals surface area contributed by atoms with Gasteiger partial charge in [-0.15, -0.1) is 11.3 Å². The molecule has 1 saturated carbocycles. The normalized spacial score (nSPS) is 16.7. The highest BCUT2D eigenvalue weighted by Gasteiger charge is 2.31. The predicted octanol–water partition coefficient (Wildman–Crippen LogP) is 4.04. The third-order valence-corrected chi connectivity index (χ3v) is 4.33. The van der Waals surface area contributed by atoms with Crippen molar-refractivity contribution in [3.8, 4) is 0 Å². The van der Waals surface area contributed by atoms with Gasteiger partial charge in [-0.3, -0.25) is 4.98 Å². The van der Waals surface area contributed by atoms with Gasteiger partial charge in [-0.2, -0.15) is 0 Å². The quantitative estimate of drug-likeness (QED) is 0.893. The molecule has 1 aliphatic carbocycles. The SMILES string of the molecule is Clc1ccc(C(NCc2cncs2)C2CC2)cc1. The van der Waals surface area contributed by atoms with Gasteiger partial charge in [0, 0.05) is 28.7 Å². The summed E-state index contributed by atoms with van der Waals surface area (Å²) in [5, 5.41) is 4.45. The molecule has 1 fully saturated rings. The maximum Gasteiger partial charge on any atom is 0.0794 e. The lowest BCUT2D eigenvalue weighted by Gasteiger charge is -2.18. The summed E-state index contributed by atoms with van der Waals surface area (Å²) in [6.07, 6.45) is 4.58. The molecule has 1 atom stereocenters. The molecule has 18 heavy (non-hydrogen) atoms. The summed E-state index contributed by atoms with van der Waals surface area (Å²) >= 11 is 7.64. The van der Waals surface area contributed by atoms with Crippen LogP contribution in [0.5, 0.6) is 0 Å². The van der Waals surface area contributed by atoms with Crippen molar-refractivity contribution in [2.75, 3.05) is 0 Å². The second-order valence-corrected chi connectivity index (χ2v) is 6.12. The van der Waals surface area contributed by atoms with Gasteiger partial charge < -0.3 is 5.32 Å². The Hall–Kier alpha value is -0.900. The summed E-state index contributed by atoms with van der Waals surface area (Å²) in [4.78, 5) is 5.39. The number of rotatable bonds is 5. The highest BCUT2D eigenvalue weighted by molar-refractivity contribution is 7.09. The summed E-state index contributed by atoms with van der Waals surface area (Å²) in [5.74, 6) is 0.777. The summed E-state index contributed by atoms with van der Waals surface area (Å²) < 4.78 is 0. The second-order valence-electron chi connectivity index (χ2n) is 4.72. The third kappa shape index (κ3) is 2.91. The molecule has 2 nitrogen and oxygen atoms in total. The van der Waals surface area contributed by atoms with Crippen LogP contribution < -0.4 is 5.32 Å². The minimum absolute atomic E-state index is 0.448.